The van der Waals surface area contributed by atoms with Crippen LogP contribution < -0.4 is 0 Å². The van der Waals surface area contributed by atoms with Crippen molar-refractivity contribution in [2.24, 2.45) is 0 Å². The molecule has 2 bridgehead atoms. The SMILES string of the molecule is CN1C2C=CC1CC(C#N)(c1cccnc1)C2. The largest absolute Gasteiger partial charge is 0.293 e. The molecule has 3 heteroatoms. The van der Waals surface area contributed by atoms with Crippen molar-refractivity contribution in [1.82, 2.24) is 9.88 Å². The van der Waals surface area contributed by atoms with Crippen LogP contribution in [-0.2, 0) is 5.41 Å². The molecule has 3 heterocycles. The molecule has 2 aliphatic heterocycles. The first-order chi connectivity index (χ1) is 8.25. The fraction of sp³-hybridized carbons (Fsp3) is 0.429. The molecule has 1 fully saturated rings. The average molecular weight is 225 g/mol. The summed E-state index contributed by atoms with van der Waals surface area (Å²) in [6.45, 7) is 0. The van der Waals surface area contributed by atoms with Gasteiger partial charge in [-0.2, -0.15) is 5.26 Å². The number of rotatable bonds is 1. The molecule has 86 valence electrons. The zero-order valence-electron chi connectivity index (χ0n) is 9.87. The predicted octanol–water partition coefficient (Wildman–Crippen LogP) is 1.88. The summed E-state index contributed by atoms with van der Waals surface area (Å²) in [5.41, 5.74) is 0.703. The zero-order chi connectivity index (χ0) is 11.9. The van der Waals surface area contributed by atoms with Crippen molar-refractivity contribution in [3.63, 3.8) is 0 Å². The molecule has 0 amide bonds. The molecule has 0 spiro atoms. The van der Waals surface area contributed by atoms with Gasteiger partial charge in [0.15, 0.2) is 0 Å². The molecule has 3 rings (SSSR count). The van der Waals surface area contributed by atoms with Crippen molar-refractivity contribution in [2.75, 3.05) is 7.05 Å². The van der Waals surface area contributed by atoms with Gasteiger partial charge >= 0.3 is 0 Å². The fourth-order valence-electron chi connectivity index (χ4n) is 3.03. The zero-order valence-corrected chi connectivity index (χ0v) is 9.87. The van der Waals surface area contributed by atoms with Gasteiger partial charge in [0.05, 0.1) is 11.5 Å². The molecule has 0 aliphatic carbocycles. The Morgan fingerprint density at radius 3 is 2.65 bits per heavy atom. The third-order valence-corrected chi connectivity index (χ3v) is 4.14. The van der Waals surface area contributed by atoms with Gasteiger partial charge < -0.3 is 0 Å². The molecule has 17 heavy (non-hydrogen) atoms. The standard InChI is InChI=1S/C14H15N3/c1-17-12-4-5-13(17)8-14(7-12,10-15)11-3-2-6-16-9-11/h2-6,9,12-13H,7-8H2,1H3. The fourth-order valence-corrected chi connectivity index (χ4v) is 3.03. The van der Waals surface area contributed by atoms with E-state index in [0.717, 1.165) is 18.4 Å². The molecule has 0 aromatic carbocycles. The minimum Gasteiger partial charge on any atom is -0.293 e. The quantitative estimate of drug-likeness (QED) is 0.685. The molecule has 3 nitrogen and oxygen atoms in total. The van der Waals surface area contributed by atoms with Crippen molar-refractivity contribution < 1.29 is 0 Å². The molecule has 1 aromatic rings. The first-order valence-electron chi connectivity index (χ1n) is 5.97. The van der Waals surface area contributed by atoms with Gasteiger partial charge in [-0.3, -0.25) is 9.88 Å². The predicted molar refractivity (Wildman–Crippen MR) is 65.2 cm³/mol. The van der Waals surface area contributed by atoms with Gasteiger partial charge in [0.25, 0.3) is 0 Å². The van der Waals surface area contributed by atoms with Gasteiger partial charge in [-0.05, 0) is 31.5 Å². The van der Waals surface area contributed by atoms with Crippen LogP contribution in [0.15, 0.2) is 36.7 Å². The van der Waals surface area contributed by atoms with E-state index in [1.165, 1.54) is 0 Å². The summed E-state index contributed by atoms with van der Waals surface area (Å²) >= 11 is 0. The summed E-state index contributed by atoms with van der Waals surface area (Å²) in [6, 6.07) is 7.29. The van der Waals surface area contributed by atoms with E-state index in [1.807, 2.05) is 18.3 Å². The Hall–Kier alpha value is -1.66. The third kappa shape index (κ3) is 1.49. The Kier molecular flexibility index (Phi) is 2.27. The van der Waals surface area contributed by atoms with Crippen molar-refractivity contribution >= 4 is 0 Å². The maximum atomic E-state index is 9.62. The van der Waals surface area contributed by atoms with Crippen molar-refractivity contribution in [3.8, 4) is 6.07 Å². The number of hydrogen-bond donors (Lipinski definition) is 0. The summed E-state index contributed by atoms with van der Waals surface area (Å²) < 4.78 is 0. The van der Waals surface area contributed by atoms with Crippen LogP contribution >= 0.6 is 0 Å². The van der Waals surface area contributed by atoms with E-state index >= 15 is 0 Å². The summed E-state index contributed by atoms with van der Waals surface area (Å²) in [4.78, 5) is 6.51. The molecular weight excluding hydrogens is 210 g/mol. The van der Waals surface area contributed by atoms with E-state index in [2.05, 4.69) is 35.2 Å². The number of nitriles is 1. The summed E-state index contributed by atoms with van der Waals surface area (Å²) in [6.07, 6.45) is 9.82. The topological polar surface area (TPSA) is 39.9 Å². The third-order valence-electron chi connectivity index (χ3n) is 4.14. The Balaban J connectivity index is 2.00. The van der Waals surface area contributed by atoms with Crippen molar-refractivity contribution in [2.45, 2.75) is 30.3 Å². The van der Waals surface area contributed by atoms with Crippen LogP contribution in [0.4, 0.5) is 0 Å². The molecule has 2 aliphatic rings. The van der Waals surface area contributed by atoms with Gasteiger partial charge in [0, 0.05) is 24.5 Å². The highest BCUT2D eigenvalue weighted by molar-refractivity contribution is 5.35. The second kappa shape index (κ2) is 3.68. The minimum atomic E-state index is -0.362. The van der Waals surface area contributed by atoms with E-state index in [1.54, 1.807) is 6.20 Å². The number of pyridine rings is 1. The monoisotopic (exact) mass is 225 g/mol. The van der Waals surface area contributed by atoms with E-state index in [0.29, 0.717) is 12.1 Å². The highest BCUT2D eigenvalue weighted by atomic mass is 15.2. The maximum absolute atomic E-state index is 9.62. The number of aromatic nitrogens is 1. The van der Waals surface area contributed by atoms with E-state index in [4.69, 9.17) is 0 Å². The molecule has 1 aromatic heterocycles. The minimum absolute atomic E-state index is 0.362. The molecular formula is C14H15N3. The van der Waals surface area contributed by atoms with Crippen LogP contribution in [0.5, 0.6) is 0 Å². The van der Waals surface area contributed by atoms with Crippen LogP contribution in [0.25, 0.3) is 0 Å². The lowest BCUT2D eigenvalue weighted by Crippen LogP contribution is -2.47. The first-order valence-corrected chi connectivity index (χ1v) is 5.97. The van der Waals surface area contributed by atoms with Gasteiger partial charge in [-0.25, -0.2) is 0 Å². The molecule has 0 radical (unpaired) electrons. The Labute approximate surface area is 101 Å². The Morgan fingerprint density at radius 2 is 2.12 bits per heavy atom. The lowest BCUT2D eigenvalue weighted by molar-refractivity contribution is 0.150. The maximum Gasteiger partial charge on any atom is 0.0873 e. The van der Waals surface area contributed by atoms with Gasteiger partial charge in [-0.1, -0.05) is 18.2 Å². The molecule has 2 atom stereocenters. The van der Waals surface area contributed by atoms with E-state index in [9.17, 15) is 5.26 Å². The summed E-state index contributed by atoms with van der Waals surface area (Å²) in [5.74, 6) is 0. The lowest BCUT2D eigenvalue weighted by atomic mass is 9.71. The number of fused-ring (bicyclic) bond motifs is 2. The number of piperidine rings is 1. The molecule has 0 saturated carbocycles. The van der Waals surface area contributed by atoms with Gasteiger partial charge in [0.1, 0.15) is 0 Å². The Bertz CT molecular complexity index is 470. The van der Waals surface area contributed by atoms with Crippen molar-refractivity contribution in [3.05, 3.63) is 42.2 Å². The second-order valence-corrected chi connectivity index (χ2v) is 5.03. The molecule has 2 unspecified atom stereocenters. The second-order valence-electron chi connectivity index (χ2n) is 5.03. The van der Waals surface area contributed by atoms with E-state index < -0.39 is 0 Å². The highest BCUT2D eigenvalue weighted by Crippen LogP contribution is 2.43. The van der Waals surface area contributed by atoms with Crippen LogP contribution in [0, 0.1) is 11.3 Å². The lowest BCUT2D eigenvalue weighted by Gasteiger charge is -2.41. The Morgan fingerprint density at radius 1 is 1.41 bits per heavy atom. The molecule has 1 saturated heterocycles. The van der Waals surface area contributed by atoms with E-state index in [-0.39, 0.29) is 5.41 Å². The van der Waals surface area contributed by atoms with Gasteiger partial charge in [0.2, 0.25) is 0 Å². The normalized spacial score (nSPS) is 35.8. The van der Waals surface area contributed by atoms with Gasteiger partial charge in [-0.15, -0.1) is 0 Å². The average Bonchev–Trinajstić information content (AvgIpc) is 2.63. The smallest absolute Gasteiger partial charge is 0.0873 e. The highest BCUT2D eigenvalue weighted by Gasteiger charge is 2.45. The van der Waals surface area contributed by atoms with Crippen LogP contribution in [0.2, 0.25) is 0 Å². The van der Waals surface area contributed by atoms with Crippen LogP contribution in [0.3, 0.4) is 0 Å². The van der Waals surface area contributed by atoms with Crippen LogP contribution in [0.1, 0.15) is 18.4 Å². The number of hydrogen-bond acceptors (Lipinski definition) is 3. The van der Waals surface area contributed by atoms with Crippen molar-refractivity contribution in [1.29, 1.82) is 5.26 Å². The first kappa shape index (κ1) is 10.5. The molecule has 0 N–H and O–H groups in total. The summed E-state index contributed by atoms with van der Waals surface area (Å²) in [7, 11) is 2.14. The summed E-state index contributed by atoms with van der Waals surface area (Å²) in [5, 5.41) is 9.62. The number of likely N-dealkylation sites (N-methyl/N-ethyl adjacent to an activating group) is 1. The number of nitrogens with zero attached hydrogens (tertiary/aromatic N) is 3. The van der Waals surface area contributed by atoms with Crippen LogP contribution in [-0.4, -0.2) is 29.0 Å².